The Morgan fingerprint density at radius 2 is 2.00 bits per heavy atom. The maximum absolute atomic E-state index is 11.3. The maximum atomic E-state index is 11.3. The highest BCUT2D eigenvalue weighted by molar-refractivity contribution is 6.35. The van der Waals surface area contributed by atoms with Crippen molar-refractivity contribution >= 4 is 28.3 Å². The lowest BCUT2D eigenvalue weighted by Crippen LogP contribution is -2.12. The van der Waals surface area contributed by atoms with Gasteiger partial charge in [-0.25, -0.2) is 0 Å². The number of Topliss-reactive ketones (excluding diaryl/α,β-unsaturated/α-hetero) is 1. The molecule has 1 aliphatic rings. The van der Waals surface area contributed by atoms with Gasteiger partial charge < -0.3 is 4.57 Å². The third-order valence-electron chi connectivity index (χ3n) is 3.97. The minimum absolute atomic E-state index is 0.407. The molecular formula is C15H16ClNO. The number of rotatable bonds is 1. The highest BCUT2D eigenvalue weighted by Gasteiger charge is 2.23. The van der Waals surface area contributed by atoms with Crippen molar-refractivity contribution in [2.24, 2.45) is 7.05 Å². The van der Waals surface area contributed by atoms with Crippen LogP contribution in [0.2, 0.25) is 5.02 Å². The van der Waals surface area contributed by atoms with Gasteiger partial charge in [-0.1, -0.05) is 23.7 Å². The van der Waals surface area contributed by atoms with Crippen LogP contribution in [-0.4, -0.2) is 10.4 Å². The molecule has 1 aromatic heterocycles. The minimum Gasteiger partial charge on any atom is -0.349 e. The summed E-state index contributed by atoms with van der Waals surface area (Å²) in [4.78, 5) is 11.3. The van der Waals surface area contributed by atoms with Crippen LogP contribution < -0.4 is 0 Å². The van der Waals surface area contributed by atoms with E-state index in [9.17, 15) is 4.79 Å². The fourth-order valence-corrected chi connectivity index (χ4v) is 3.33. The zero-order chi connectivity index (χ0) is 12.7. The molecule has 0 atom stereocenters. The molecule has 18 heavy (non-hydrogen) atoms. The number of aromatic nitrogens is 1. The number of hydrogen-bond acceptors (Lipinski definition) is 1. The van der Waals surface area contributed by atoms with Gasteiger partial charge in [0.25, 0.3) is 0 Å². The number of carbonyl (C=O) groups excluding carboxylic acids is 1. The van der Waals surface area contributed by atoms with Crippen molar-refractivity contribution in [3.05, 3.63) is 35.0 Å². The van der Waals surface area contributed by atoms with Gasteiger partial charge in [-0.3, -0.25) is 4.79 Å². The molecule has 0 aliphatic heterocycles. The first kappa shape index (κ1) is 11.8. The Labute approximate surface area is 112 Å². The van der Waals surface area contributed by atoms with Crippen LogP contribution in [0.4, 0.5) is 0 Å². The molecule has 1 aromatic carbocycles. The number of ketones is 1. The van der Waals surface area contributed by atoms with Gasteiger partial charge in [0.2, 0.25) is 0 Å². The van der Waals surface area contributed by atoms with E-state index in [1.54, 1.807) is 0 Å². The molecule has 0 radical (unpaired) electrons. The highest BCUT2D eigenvalue weighted by Crippen LogP contribution is 2.37. The van der Waals surface area contributed by atoms with Crippen molar-refractivity contribution in [1.29, 1.82) is 0 Å². The second kappa shape index (κ2) is 4.43. The number of carbonyl (C=O) groups is 1. The van der Waals surface area contributed by atoms with Gasteiger partial charge in [-0.2, -0.15) is 0 Å². The maximum Gasteiger partial charge on any atom is 0.132 e. The Balaban J connectivity index is 2.07. The molecule has 2 nitrogen and oxygen atoms in total. The first-order chi connectivity index (χ1) is 8.66. The number of hydrogen-bond donors (Lipinski definition) is 0. The highest BCUT2D eigenvalue weighted by atomic mass is 35.5. The lowest BCUT2D eigenvalue weighted by atomic mass is 9.83. The second-order valence-corrected chi connectivity index (χ2v) is 5.55. The van der Waals surface area contributed by atoms with Gasteiger partial charge in [0, 0.05) is 31.5 Å². The van der Waals surface area contributed by atoms with Crippen LogP contribution in [0.5, 0.6) is 0 Å². The predicted octanol–water partition coefficient (Wildman–Crippen LogP) is 4.06. The minimum atomic E-state index is 0.407. The second-order valence-electron chi connectivity index (χ2n) is 5.14. The lowest BCUT2D eigenvalue weighted by molar-refractivity contribution is -0.120. The molecule has 3 heteroatoms. The van der Waals surface area contributed by atoms with Gasteiger partial charge in [-0.15, -0.1) is 0 Å². The molecule has 0 unspecified atom stereocenters. The molecule has 0 N–H and O–H groups in total. The molecular weight excluding hydrogens is 246 g/mol. The van der Waals surface area contributed by atoms with Gasteiger partial charge in [0.15, 0.2) is 0 Å². The summed E-state index contributed by atoms with van der Waals surface area (Å²) in [5, 5.41) is 2.04. The summed E-state index contributed by atoms with van der Waals surface area (Å²) in [5.41, 5.74) is 2.45. The van der Waals surface area contributed by atoms with Crippen LogP contribution in [0.1, 0.15) is 37.2 Å². The Hall–Kier alpha value is -1.28. The van der Waals surface area contributed by atoms with E-state index in [0.29, 0.717) is 11.7 Å². The number of para-hydroxylation sites is 1. The van der Waals surface area contributed by atoms with Crippen LogP contribution in [0, 0.1) is 0 Å². The third kappa shape index (κ3) is 1.85. The van der Waals surface area contributed by atoms with Gasteiger partial charge in [-0.05, 0) is 30.4 Å². The van der Waals surface area contributed by atoms with E-state index in [1.807, 2.05) is 19.2 Å². The van der Waals surface area contributed by atoms with Crippen molar-refractivity contribution in [3.8, 4) is 0 Å². The summed E-state index contributed by atoms with van der Waals surface area (Å²) in [5.74, 6) is 0.911. The molecule has 1 aliphatic carbocycles. The molecule has 0 saturated heterocycles. The Kier molecular flexibility index (Phi) is 2.90. The van der Waals surface area contributed by atoms with Crippen molar-refractivity contribution in [3.63, 3.8) is 0 Å². The Morgan fingerprint density at radius 1 is 1.28 bits per heavy atom. The molecule has 0 bridgehead atoms. The fraction of sp³-hybridized carbons (Fsp3) is 0.400. The van der Waals surface area contributed by atoms with E-state index in [0.717, 1.165) is 36.2 Å². The summed E-state index contributed by atoms with van der Waals surface area (Å²) >= 11 is 6.26. The van der Waals surface area contributed by atoms with Crippen LogP contribution in [0.25, 0.3) is 10.9 Å². The number of fused-ring (bicyclic) bond motifs is 1. The number of benzene rings is 1. The first-order valence-electron chi connectivity index (χ1n) is 6.42. The zero-order valence-electron chi connectivity index (χ0n) is 10.4. The summed E-state index contributed by atoms with van der Waals surface area (Å²) in [7, 11) is 2.03. The summed E-state index contributed by atoms with van der Waals surface area (Å²) < 4.78 is 2.10. The monoisotopic (exact) mass is 261 g/mol. The van der Waals surface area contributed by atoms with E-state index in [2.05, 4.69) is 16.8 Å². The number of nitrogens with zero attached hydrogens (tertiary/aromatic N) is 1. The average molecular weight is 262 g/mol. The zero-order valence-corrected chi connectivity index (χ0v) is 11.2. The van der Waals surface area contributed by atoms with E-state index in [1.165, 1.54) is 10.9 Å². The molecule has 0 amide bonds. The topological polar surface area (TPSA) is 22.0 Å². The van der Waals surface area contributed by atoms with E-state index in [4.69, 9.17) is 11.6 Å². The molecule has 94 valence electrons. The Morgan fingerprint density at radius 3 is 2.72 bits per heavy atom. The van der Waals surface area contributed by atoms with E-state index >= 15 is 0 Å². The van der Waals surface area contributed by atoms with Gasteiger partial charge in [0.1, 0.15) is 5.78 Å². The average Bonchev–Trinajstić information content (AvgIpc) is 2.69. The van der Waals surface area contributed by atoms with Crippen LogP contribution in [0.15, 0.2) is 24.4 Å². The number of halogens is 1. The number of aryl methyl sites for hydroxylation is 1. The molecule has 0 spiro atoms. The quantitative estimate of drug-likeness (QED) is 0.759. The van der Waals surface area contributed by atoms with Crippen molar-refractivity contribution in [1.82, 2.24) is 4.57 Å². The van der Waals surface area contributed by atoms with Crippen LogP contribution >= 0.6 is 11.6 Å². The van der Waals surface area contributed by atoms with E-state index in [-0.39, 0.29) is 0 Å². The van der Waals surface area contributed by atoms with Crippen molar-refractivity contribution in [2.45, 2.75) is 31.6 Å². The molecule has 1 saturated carbocycles. The predicted molar refractivity (Wildman–Crippen MR) is 74.1 cm³/mol. The SMILES string of the molecule is Cn1cc(C2CCC(=O)CC2)c2cccc(Cl)c21. The normalized spacial score (nSPS) is 17.6. The summed E-state index contributed by atoms with van der Waals surface area (Å²) in [6.07, 6.45) is 5.58. The third-order valence-corrected chi connectivity index (χ3v) is 4.27. The van der Waals surface area contributed by atoms with Crippen molar-refractivity contribution in [2.75, 3.05) is 0 Å². The van der Waals surface area contributed by atoms with Gasteiger partial charge in [0.05, 0.1) is 10.5 Å². The van der Waals surface area contributed by atoms with Gasteiger partial charge >= 0.3 is 0 Å². The standard InChI is InChI=1S/C15H16ClNO/c1-17-9-13(10-5-7-11(18)8-6-10)12-3-2-4-14(16)15(12)17/h2-4,9-10H,5-8H2,1H3. The fourth-order valence-electron chi connectivity index (χ4n) is 3.03. The van der Waals surface area contributed by atoms with Crippen LogP contribution in [-0.2, 0) is 11.8 Å². The van der Waals surface area contributed by atoms with Crippen LogP contribution in [0.3, 0.4) is 0 Å². The first-order valence-corrected chi connectivity index (χ1v) is 6.80. The summed E-state index contributed by atoms with van der Waals surface area (Å²) in [6, 6.07) is 6.06. The largest absolute Gasteiger partial charge is 0.349 e. The summed E-state index contributed by atoms with van der Waals surface area (Å²) in [6.45, 7) is 0. The molecule has 1 fully saturated rings. The smallest absolute Gasteiger partial charge is 0.132 e. The lowest BCUT2D eigenvalue weighted by Gasteiger charge is -2.20. The molecule has 2 aromatic rings. The van der Waals surface area contributed by atoms with E-state index < -0.39 is 0 Å². The molecule has 1 heterocycles. The Bertz CT molecular complexity index is 604. The molecule has 3 rings (SSSR count). The van der Waals surface area contributed by atoms with Crippen molar-refractivity contribution < 1.29 is 4.79 Å².